The van der Waals surface area contributed by atoms with Crippen molar-refractivity contribution in [2.24, 2.45) is 16.8 Å². The molecule has 2 aromatic rings. The summed E-state index contributed by atoms with van der Waals surface area (Å²) in [6.07, 6.45) is -0.681. The predicted octanol–water partition coefficient (Wildman–Crippen LogP) is 6.28. The van der Waals surface area contributed by atoms with Crippen molar-refractivity contribution in [2.45, 2.75) is 76.0 Å². The molecule has 7 heteroatoms. The van der Waals surface area contributed by atoms with Crippen molar-refractivity contribution in [3.05, 3.63) is 82.2 Å². The zero-order chi connectivity index (χ0) is 26.4. The molecule has 4 atom stereocenters. The van der Waals surface area contributed by atoms with Crippen LogP contribution in [-0.4, -0.2) is 29.0 Å². The van der Waals surface area contributed by atoms with Crippen molar-refractivity contribution in [1.29, 1.82) is 0 Å². The van der Waals surface area contributed by atoms with Gasteiger partial charge in [-0.05, 0) is 86.6 Å². The van der Waals surface area contributed by atoms with Gasteiger partial charge in [-0.1, -0.05) is 43.3 Å². The van der Waals surface area contributed by atoms with E-state index in [1.165, 1.54) is 0 Å². The normalized spacial score (nSPS) is 29.5. The summed E-state index contributed by atoms with van der Waals surface area (Å²) in [7, 11) is 0. The maximum Gasteiger partial charge on any atom is 0.417 e. The molecule has 1 fully saturated rings. The molecule has 0 spiro atoms. The van der Waals surface area contributed by atoms with Gasteiger partial charge in [-0.25, -0.2) is 0 Å². The third-order valence-electron chi connectivity index (χ3n) is 8.78. The number of amides is 1. The average molecular weight is 511 g/mol. The number of allylic oxidation sites excluding steroid dienone is 2. The summed E-state index contributed by atoms with van der Waals surface area (Å²) in [5, 5.41) is 13.6. The molecule has 196 valence electrons. The topological polar surface area (TPSA) is 61.7 Å². The zero-order valence-corrected chi connectivity index (χ0v) is 21.2. The van der Waals surface area contributed by atoms with E-state index < -0.39 is 17.2 Å². The van der Waals surface area contributed by atoms with Gasteiger partial charge in [-0.2, -0.15) is 13.2 Å². The van der Waals surface area contributed by atoms with Crippen molar-refractivity contribution in [3.63, 3.8) is 0 Å². The minimum absolute atomic E-state index is 0.170. The predicted molar refractivity (Wildman–Crippen MR) is 137 cm³/mol. The van der Waals surface area contributed by atoms with Gasteiger partial charge >= 0.3 is 6.18 Å². The van der Waals surface area contributed by atoms with Gasteiger partial charge in [0.15, 0.2) is 5.60 Å². The first kappa shape index (κ1) is 25.7. The molecule has 3 aliphatic rings. The molecule has 4 nitrogen and oxygen atoms in total. The van der Waals surface area contributed by atoms with Crippen LogP contribution in [0.15, 0.2) is 64.9 Å². The summed E-state index contributed by atoms with van der Waals surface area (Å²) < 4.78 is 41.4. The molecule has 0 radical (unpaired) electrons. The number of aliphatic hydroxyl groups is 1. The summed E-state index contributed by atoms with van der Waals surface area (Å²) in [6.45, 7) is 3.93. The van der Waals surface area contributed by atoms with E-state index >= 15 is 0 Å². The SMILES string of the molecule is CC1=C(NC(=O)c2ccc3c(c2)CCC2C[C@@](O)(C(F)(F)F)CC[C@@]32Cc2ccccc2)C(C)CC=N1. The van der Waals surface area contributed by atoms with Crippen molar-refractivity contribution in [1.82, 2.24) is 5.32 Å². The summed E-state index contributed by atoms with van der Waals surface area (Å²) >= 11 is 0. The first-order chi connectivity index (χ1) is 17.5. The number of nitrogens with one attached hydrogen (secondary N) is 1. The Labute approximate surface area is 215 Å². The molecule has 0 aromatic heterocycles. The first-order valence-electron chi connectivity index (χ1n) is 13.0. The van der Waals surface area contributed by atoms with E-state index in [9.17, 15) is 23.1 Å². The number of nitrogens with zero attached hydrogens (tertiary/aromatic N) is 1. The number of rotatable bonds is 4. The average Bonchev–Trinajstić information content (AvgIpc) is 2.86. The number of benzene rings is 2. The Balaban J connectivity index is 1.50. The molecule has 0 bridgehead atoms. The smallest absolute Gasteiger partial charge is 0.380 e. The lowest BCUT2D eigenvalue weighted by atomic mass is 9.52. The number of alkyl halides is 3. The van der Waals surface area contributed by atoms with Crippen LogP contribution in [0.2, 0.25) is 0 Å². The third kappa shape index (κ3) is 4.63. The standard InChI is InChI=1S/C30H33F3N2O2/c1-19-12-15-34-20(2)26(19)35-27(36)23-9-11-25-22(16-23)8-10-24-18-29(37,30(31,32)33)14-13-28(24,25)17-21-6-4-3-5-7-21/h3-7,9,11,15-16,19,24,37H,8,10,12-14,17-18H2,1-2H3,(H,35,36)/t19?,24?,28-,29+/m0/s1. The maximum absolute atomic E-state index is 13.8. The fourth-order valence-electron chi connectivity index (χ4n) is 6.67. The number of aryl methyl sites for hydroxylation is 1. The maximum atomic E-state index is 13.8. The van der Waals surface area contributed by atoms with Crippen LogP contribution in [0.3, 0.4) is 0 Å². The van der Waals surface area contributed by atoms with Gasteiger partial charge in [0.25, 0.3) is 5.91 Å². The number of hydrogen-bond donors (Lipinski definition) is 2. The molecule has 2 aromatic carbocycles. The minimum atomic E-state index is -4.65. The molecule has 1 aliphatic heterocycles. The number of halogens is 3. The molecule has 0 saturated heterocycles. The highest BCUT2D eigenvalue weighted by atomic mass is 19.4. The highest BCUT2D eigenvalue weighted by molar-refractivity contribution is 5.96. The molecule has 1 saturated carbocycles. The van der Waals surface area contributed by atoms with E-state index in [0.29, 0.717) is 24.8 Å². The second-order valence-electron chi connectivity index (χ2n) is 11.1. The Hall–Kier alpha value is -2.93. The third-order valence-corrected chi connectivity index (χ3v) is 8.78. The summed E-state index contributed by atoms with van der Waals surface area (Å²) in [6, 6.07) is 15.5. The molecule has 2 N–H and O–H groups in total. The van der Waals surface area contributed by atoms with Crippen LogP contribution in [0.1, 0.15) is 73.0 Å². The minimum Gasteiger partial charge on any atom is -0.380 e. The van der Waals surface area contributed by atoms with Crippen molar-refractivity contribution < 1.29 is 23.1 Å². The lowest BCUT2D eigenvalue weighted by Gasteiger charge is -2.53. The fraction of sp³-hybridized carbons (Fsp3) is 0.467. The number of carbonyl (C=O) groups excluding carboxylic acids is 1. The Bertz CT molecular complexity index is 1250. The molecule has 1 amide bonds. The summed E-state index contributed by atoms with van der Waals surface area (Å²) in [5.41, 5.74) is 2.08. The highest BCUT2D eigenvalue weighted by Crippen LogP contribution is 2.57. The Kier molecular flexibility index (Phi) is 6.55. The van der Waals surface area contributed by atoms with E-state index in [-0.39, 0.29) is 37.0 Å². The van der Waals surface area contributed by atoms with Crippen LogP contribution >= 0.6 is 0 Å². The molecule has 37 heavy (non-hydrogen) atoms. The molecule has 5 rings (SSSR count). The van der Waals surface area contributed by atoms with Gasteiger partial charge < -0.3 is 10.4 Å². The number of carbonyl (C=O) groups is 1. The molecule has 2 unspecified atom stereocenters. The van der Waals surface area contributed by atoms with Crippen LogP contribution in [-0.2, 0) is 18.3 Å². The Morgan fingerprint density at radius 3 is 2.62 bits per heavy atom. The fourth-order valence-corrected chi connectivity index (χ4v) is 6.67. The van der Waals surface area contributed by atoms with E-state index in [2.05, 4.69) is 17.2 Å². The van der Waals surface area contributed by atoms with Crippen LogP contribution in [0, 0.1) is 11.8 Å². The zero-order valence-electron chi connectivity index (χ0n) is 21.2. The monoisotopic (exact) mass is 510 g/mol. The van der Waals surface area contributed by atoms with E-state index in [0.717, 1.165) is 34.5 Å². The van der Waals surface area contributed by atoms with Gasteiger partial charge in [0.05, 0.1) is 5.70 Å². The number of aliphatic imine (C=N–C) groups is 1. The van der Waals surface area contributed by atoms with Gasteiger partial charge in [-0.15, -0.1) is 0 Å². The second kappa shape index (κ2) is 9.43. The van der Waals surface area contributed by atoms with Crippen molar-refractivity contribution in [2.75, 3.05) is 0 Å². The van der Waals surface area contributed by atoms with Crippen LogP contribution < -0.4 is 5.32 Å². The van der Waals surface area contributed by atoms with E-state index in [1.54, 1.807) is 6.07 Å². The van der Waals surface area contributed by atoms with Crippen LogP contribution in [0.4, 0.5) is 13.2 Å². The molecule has 1 heterocycles. The molecular formula is C30H33F3N2O2. The number of fused-ring (bicyclic) bond motifs is 3. The van der Waals surface area contributed by atoms with Gasteiger partial charge in [0, 0.05) is 28.8 Å². The van der Waals surface area contributed by atoms with Crippen LogP contribution in [0.25, 0.3) is 0 Å². The van der Waals surface area contributed by atoms with Crippen molar-refractivity contribution >= 4 is 12.1 Å². The van der Waals surface area contributed by atoms with Crippen molar-refractivity contribution in [3.8, 4) is 0 Å². The van der Waals surface area contributed by atoms with Crippen LogP contribution in [0.5, 0.6) is 0 Å². The summed E-state index contributed by atoms with van der Waals surface area (Å²) in [5.74, 6) is -0.340. The number of hydrogen-bond acceptors (Lipinski definition) is 3. The second-order valence-corrected chi connectivity index (χ2v) is 11.1. The lowest BCUT2D eigenvalue weighted by Crippen LogP contribution is -2.56. The molecular weight excluding hydrogens is 477 g/mol. The highest BCUT2D eigenvalue weighted by Gasteiger charge is 2.61. The Morgan fingerprint density at radius 2 is 1.92 bits per heavy atom. The quantitative estimate of drug-likeness (QED) is 0.509. The van der Waals surface area contributed by atoms with E-state index in [4.69, 9.17) is 0 Å². The van der Waals surface area contributed by atoms with Gasteiger partial charge in [0.1, 0.15) is 0 Å². The molecule has 2 aliphatic carbocycles. The van der Waals surface area contributed by atoms with Gasteiger partial charge in [-0.3, -0.25) is 9.79 Å². The Morgan fingerprint density at radius 1 is 1.16 bits per heavy atom. The largest absolute Gasteiger partial charge is 0.417 e. The van der Waals surface area contributed by atoms with Gasteiger partial charge in [0.2, 0.25) is 0 Å². The first-order valence-corrected chi connectivity index (χ1v) is 13.0. The lowest BCUT2D eigenvalue weighted by molar-refractivity contribution is -0.279. The summed E-state index contributed by atoms with van der Waals surface area (Å²) in [4.78, 5) is 17.5. The van der Waals surface area contributed by atoms with E-state index in [1.807, 2.05) is 55.6 Å².